The van der Waals surface area contributed by atoms with E-state index in [9.17, 15) is 5.11 Å². The second-order valence-electron chi connectivity index (χ2n) is 10.1. The van der Waals surface area contributed by atoms with Crippen LogP contribution in [0.5, 0.6) is 5.75 Å². The first-order chi connectivity index (χ1) is 16.1. The van der Waals surface area contributed by atoms with Gasteiger partial charge in [-0.2, -0.15) is 0 Å². The summed E-state index contributed by atoms with van der Waals surface area (Å²) in [5, 5.41) is 20.9. The molecule has 0 bridgehead atoms. The van der Waals surface area contributed by atoms with Crippen LogP contribution in [0.3, 0.4) is 0 Å². The summed E-state index contributed by atoms with van der Waals surface area (Å²) in [6.07, 6.45) is 6.26. The number of rotatable bonds is 11. The second-order valence-corrected chi connectivity index (χ2v) is 10.6. The number of aromatic nitrogens is 3. The molecule has 1 aromatic heterocycles. The summed E-state index contributed by atoms with van der Waals surface area (Å²) >= 11 is 6.12. The average Bonchev–Trinajstić information content (AvgIpc) is 3.20. The maximum atomic E-state index is 11.1. The number of nitrogens with zero attached hydrogens (tertiary/aromatic N) is 3. The van der Waals surface area contributed by atoms with Crippen molar-refractivity contribution in [2.24, 2.45) is 5.92 Å². The second kappa shape index (κ2) is 11.3. The highest BCUT2D eigenvalue weighted by Crippen LogP contribution is 2.37. The average molecular weight is 484 g/mol. The maximum absolute atomic E-state index is 11.1. The van der Waals surface area contributed by atoms with Gasteiger partial charge in [-0.3, -0.25) is 0 Å². The molecule has 0 fully saturated rings. The normalized spacial score (nSPS) is 12.8. The standard InChI is InChI=1S/C28H38ClN3O2/c1-7-9-10-20(8-2)18-34-19(3)11-12-21-15-23(28(4,5)6)27(33)26(16-21)32-30-24-14-13-22(29)17-25(24)31-32/h13-17,20,33H,3,7-12,18H2,1-2,4-6H3. The van der Waals surface area contributed by atoms with Gasteiger partial charge >= 0.3 is 0 Å². The SMILES string of the molecule is C=C(CCc1cc(-n2nc3ccc(Cl)cc3n2)c(O)c(C(C)(C)C)c1)OCC(CC)CCCC. The van der Waals surface area contributed by atoms with E-state index in [1.165, 1.54) is 24.1 Å². The number of ether oxygens (including phenoxy) is 1. The van der Waals surface area contributed by atoms with Gasteiger partial charge in [-0.15, -0.1) is 15.0 Å². The Morgan fingerprint density at radius 2 is 1.88 bits per heavy atom. The molecule has 3 aromatic rings. The van der Waals surface area contributed by atoms with E-state index in [1.54, 1.807) is 12.1 Å². The summed E-state index contributed by atoms with van der Waals surface area (Å²) < 4.78 is 6.01. The fourth-order valence-electron chi connectivity index (χ4n) is 4.03. The van der Waals surface area contributed by atoms with Crippen LogP contribution in [-0.2, 0) is 16.6 Å². The highest BCUT2D eigenvalue weighted by Gasteiger charge is 2.23. The smallest absolute Gasteiger partial charge is 0.146 e. The molecule has 0 aliphatic heterocycles. The van der Waals surface area contributed by atoms with Gasteiger partial charge in [0.25, 0.3) is 0 Å². The Labute approximate surface area is 208 Å². The zero-order chi connectivity index (χ0) is 24.9. The van der Waals surface area contributed by atoms with Crippen LogP contribution >= 0.6 is 11.6 Å². The number of aryl methyl sites for hydroxylation is 1. The molecule has 3 rings (SSSR count). The molecular formula is C28H38ClN3O2. The van der Waals surface area contributed by atoms with Crippen LogP contribution in [0.2, 0.25) is 5.02 Å². The van der Waals surface area contributed by atoms with Crippen molar-refractivity contribution >= 4 is 22.6 Å². The zero-order valence-corrected chi connectivity index (χ0v) is 22.0. The summed E-state index contributed by atoms with van der Waals surface area (Å²) in [5.41, 5.74) is 3.67. The van der Waals surface area contributed by atoms with Crippen LogP contribution in [0.15, 0.2) is 42.7 Å². The first-order valence-corrected chi connectivity index (χ1v) is 12.7. The number of phenols is 1. The topological polar surface area (TPSA) is 60.2 Å². The number of hydrogen-bond donors (Lipinski definition) is 1. The largest absolute Gasteiger partial charge is 0.505 e. The van der Waals surface area contributed by atoms with E-state index in [4.69, 9.17) is 16.3 Å². The third-order valence-electron chi connectivity index (χ3n) is 6.27. The summed E-state index contributed by atoms with van der Waals surface area (Å²) in [5.74, 6) is 1.58. The van der Waals surface area contributed by atoms with Crippen molar-refractivity contribution < 1.29 is 9.84 Å². The Hall–Kier alpha value is -2.53. The first-order valence-electron chi connectivity index (χ1n) is 12.3. The molecular weight excluding hydrogens is 446 g/mol. The minimum absolute atomic E-state index is 0.194. The molecule has 0 saturated carbocycles. The highest BCUT2D eigenvalue weighted by atomic mass is 35.5. The molecule has 6 heteroatoms. The van der Waals surface area contributed by atoms with Crippen LogP contribution in [0.1, 0.15) is 77.8 Å². The molecule has 0 spiro atoms. The fourth-order valence-corrected chi connectivity index (χ4v) is 4.20. The van der Waals surface area contributed by atoms with Crippen molar-refractivity contribution in [1.29, 1.82) is 0 Å². The van der Waals surface area contributed by atoms with Crippen LogP contribution in [-0.4, -0.2) is 26.7 Å². The van der Waals surface area contributed by atoms with E-state index in [-0.39, 0.29) is 11.2 Å². The van der Waals surface area contributed by atoms with Gasteiger partial charge in [0.2, 0.25) is 0 Å². The highest BCUT2D eigenvalue weighted by molar-refractivity contribution is 6.31. The molecule has 34 heavy (non-hydrogen) atoms. The molecule has 1 N–H and O–H groups in total. The van der Waals surface area contributed by atoms with Crippen molar-refractivity contribution in [2.45, 2.75) is 78.6 Å². The number of hydrogen-bond acceptors (Lipinski definition) is 4. The summed E-state index contributed by atoms with van der Waals surface area (Å²) in [7, 11) is 0. The lowest BCUT2D eigenvalue weighted by Crippen LogP contribution is -2.14. The third-order valence-corrected chi connectivity index (χ3v) is 6.51. The van der Waals surface area contributed by atoms with E-state index in [1.807, 2.05) is 12.1 Å². The fraction of sp³-hybridized carbons (Fsp3) is 0.500. The number of unbranched alkanes of at least 4 members (excludes halogenated alkanes) is 1. The van der Waals surface area contributed by atoms with Crippen LogP contribution < -0.4 is 0 Å². The van der Waals surface area contributed by atoms with Crippen LogP contribution in [0, 0.1) is 5.92 Å². The Morgan fingerprint density at radius 3 is 2.56 bits per heavy atom. The number of aromatic hydroxyl groups is 1. The molecule has 184 valence electrons. The molecule has 0 aliphatic carbocycles. The zero-order valence-electron chi connectivity index (χ0n) is 21.2. The minimum atomic E-state index is -0.244. The molecule has 0 aliphatic rings. The monoisotopic (exact) mass is 483 g/mol. The number of phenolic OH excluding ortho intramolecular Hbond substituents is 1. The number of halogens is 1. The predicted octanol–water partition coefficient (Wildman–Crippen LogP) is 7.76. The first kappa shape index (κ1) is 26.1. The Balaban J connectivity index is 1.81. The Kier molecular flexibility index (Phi) is 8.64. The van der Waals surface area contributed by atoms with Gasteiger partial charge in [-0.05, 0) is 54.0 Å². The minimum Gasteiger partial charge on any atom is -0.505 e. The van der Waals surface area contributed by atoms with Gasteiger partial charge in [0.1, 0.15) is 22.5 Å². The Bertz CT molecular complexity index is 1130. The van der Waals surface area contributed by atoms with Gasteiger partial charge in [0.05, 0.1) is 12.4 Å². The summed E-state index contributed by atoms with van der Waals surface area (Å²) in [6.45, 7) is 15.6. The molecule has 0 radical (unpaired) electrons. The number of fused-ring (bicyclic) bond motifs is 1. The van der Waals surface area contributed by atoms with Gasteiger partial charge in [-0.1, -0.05) is 78.1 Å². The predicted molar refractivity (Wildman–Crippen MR) is 141 cm³/mol. The van der Waals surface area contributed by atoms with E-state index in [0.717, 1.165) is 48.3 Å². The summed E-state index contributed by atoms with van der Waals surface area (Å²) in [4.78, 5) is 1.50. The van der Waals surface area contributed by atoms with Crippen molar-refractivity contribution in [3.63, 3.8) is 0 Å². The molecule has 1 heterocycles. The molecule has 1 unspecified atom stereocenters. The molecule has 2 aromatic carbocycles. The quantitative estimate of drug-likeness (QED) is 0.283. The molecule has 5 nitrogen and oxygen atoms in total. The van der Waals surface area contributed by atoms with Gasteiger partial charge < -0.3 is 9.84 Å². The lowest BCUT2D eigenvalue weighted by atomic mass is 9.84. The van der Waals surface area contributed by atoms with E-state index in [0.29, 0.717) is 22.1 Å². The van der Waals surface area contributed by atoms with E-state index in [2.05, 4.69) is 57.5 Å². The van der Waals surface area contributed by atoms with Crippen molar-refractivity contribution in [2.75, 3.05) is 6.61 Å². The van der Waals surface area contributed by atoms with Crippen LogP contribution in [0.4, 0.5) is 0 Å². The van der Waals surface area contributed by atoms with Crippen molar-refractivity contribution in [3.05, 3.63) is 58.8 Å². The number of benzene rings is 2. The van der Waals surface area contributed by atoms with E-state index >= 15 is 0 Å². The van der Waals surface area contributed by atoms with Crippen LogP contribution in [0.25, 0.3) is 16.7 Å². The summed E-state index contributed by atoms with van der Waals surface area (Å²) in [6, 6.07) is 9.42. The van der Waals surface area contributed by atoms with Crippen molar-refractivity contribution in [3.8, 4) is 11.4 Å². The number of allylic oxidation sites excluding steroid dienone is 1. The van der Waals surface area contributed by atoms with Gasteiger partial charge in [-0.25, -0.2) is 0 Å². The maximum Gasteiger partial charge on any atom is 0.146 e. The molecule has 1 atom stereocenters. The third kappa shape index (κ3) is 6.53. The van der Waals surface area contributed by atoms with Gasteiger partial charge in [0, 0.05) is 17.0 Å². The van der Waals surface area contributed by atoms with E-state index < -0.39 is 0 Å². The lowest BCUT2D eigenvalue weighted by molar-refractivity contribution is 0.150. The van der Waals surface area contributed by atoms with Crippen molar-refractivity contribution in [1.82, 2.24) is 15.0 Å². The Morgan fingerprint density at radius 1 is 1.15 bits per heavy atom. The molecule has 0 saturated heterocycles. The molecule has 0 amide bonds. The lowest BCUT2D eigenvalue weighted by Gasteiger charge is -2.23. The van der Waals surface area contributed by atoms with Gasteiger partial charge in [0.15, 0.2) is 0 Å².